The number of alkyl halides is 6. The van der Waals surface area contributed by atoms with Gasteiger partial charge in [-0.25, -0.2) is 0 Å². The van der Waals surface area contributed by atoms with Crippen molar-refractivity contribution in [2.24, 2.45) is 0 Å². The topological polar surface area (TPSA) is 38.1 Å². The van der Waals surface area contributed by atoms with E-state index in [2.05, 4.69) is 5.10 Å². The molecule has 1 aromatic rings. The van der Waals surface area contributed by atoms with E-state index in [1.807, 2.05) is 0 Å². The van der Waals surface area contributed by atoms with E-state index >= 15 is 0 Å². The number of hydrogen-bond donors (Lipinski definition) is 1. The highest BCUT2D eigenvalue weighted by molar-refractivity contribution is 5.32. The van der Waals surface area contributed by atoms with E-state index in [9.17, 15) is 31.4 Å². The highest BCUT2D eigenvalue weighted by Gasteiger charge is 2.42. The fourth-order valence-corrected chi connectivity index (χ4v) is 2.56. The van der Waals surface area contributed by atoms with E-state index in [-0.39, 0.29) is 37.1 Å². The van der Waals surface area contributed by atoms with Gasteiger partial charge < -0.3 is 5.11 Å². The van der Waals surface area contributed by atoms with E-state index in [1.54, 1.807) is 0 Å². The summed E-state index contributed by atoms with van der Waals surface area (Å²) in [5.74, 6) is 0. The summed E-state index contributed by atoms with van der Waals surface area (Å²) >= 11 is 0. The molecule has 1 N–H and O–H groups in total. The predicted molar refractivity (Wildman–Crippen MR) is 60.4 cm³/mol. The highest BCUT2D eigenvalue weighted by Crippen LogP contribution is 2.40. The van der Waals surface area contributed by atoms with Gasteiger partial charge in [-0.2, -0.15) is 31.4 Å². The second-order valence-electron chi connectivity index (χ2n) is 5.06. The smallest absolute Gasteiger partial charge is 0.388 e. The van der Waals surface area contributed by atoms with Crippen LogP contribution in [0.5, 0.6) is 0 Å². The van der Waals surface area contributed by atoms with Crippen LogP contribution in [0.3, 0.4) is 0 Å². The SMILES string of the molecule is OC1CCCc2c1c(C(F)(F)F)nn2CCCC(F)(F)F. The third kappa shape index (κ3) is 3.69. The maximum Gasteiger partial charge on any atom is 0.435 e. The number of halogens is 6. The third-order valence-corrected chi connectivity index (χ3v) is 3.42. The maximum absolute atomic E-state index is 12.9. The molecule has 2 rings (SSSR count). The molecule has 3 nitrogen and oxygen atoms in total. The summed E-state index contributed by atoms with van der Waals surface area (Å²) in [6, 6.07) is 0. The number of hydrogen-bond acceptors (Lipinski definition) is 2. The maximum atomic E-state index is 12.9. The first-order chi connectivity index (χ1) is 9.59. The van der Waals surface area contributed by atoms with Gasteiger partial charge in [0, 0.05) is 24.2 Å². The number of aromatic nitrogens is 2. The van der Waals surface area contributed by atoms with Gasteiger partial charge in [0.25, 0.3) is 0 Å². The first-order valence-corrected chi connectivity index (χ1v) is 6.51. The van der Waals surface area contributed by atoms with Gasteiger partial charge in [0.2, 0.25) is 0 Å². The lowest BCUT2D eigenvalue weighted by Gasteiger charge is -2.20. The number of rotatable bonds is 3. The van der Waals surface area contributed by atoms with Crippen molar-refractivity contribution >= 4 is 0 Å². The molecule has 0 saturated heterocycles. The predicted octanol–water partition coefficient (Wildman–Crippen LogP) is 3.61. The van der Waals surface area contributed by atoms with Gasteiger partial charge in [0.1, 0.15) is 0 Å². The van der Waals surface area contributed by atoms with Crippen molar-refractivity contribution in [3.63, 3.8) is 0 Å². The van der Waals surface area contributed by atoms with Crippen molar-refractivity contribution in [3.05, 3.63) is 17.0 Å². The first-order valence-electron chi connectivity index (χ1n) is 6.51. The molecule has 0 fully saturated rings. The van der Waals surface area contributed by atoms with Gasteiger partial charge in [-0.05, 0) is 25.7 Å². The molecule has 1 unspecified atom stereocenters. The highest BCUT2D eigenvalue weighted by atomic mass is 19.4. The normalized spacial score (nSPS) is 19.7. The van der Waals surface area contributed by atoms with Crippen LogP contribution >= 0.6 is 0 Å². The molecule has 0 spiro atoms. The van der Waals surface area contributed by atoms with Crippen molar-refractivity contribution in [2.45, 2.75) is 57.1 Å². The lowest BCUT2D eigenvalue weighted by molar-refractivity contribution is -0.143. The number of aliphatic hydroxyl groups is 1. The number of aliphatic hydroxyl groups excluding tert-OH is 1. The molecular formula is C12H14F6N2O. The van der Waals surface area contributed by atoms with Crippen LogP contribution in [0, 0.1) is 0 Å². The van der Waals surface area contributed by atoms with Crippen molar-refractivity contribution in [1.29, 1.82) is 0 Å². The first kappa shape index (κ1) is 16.1. The fraction of sp³-hybridized carbons (Fsp3) is 0.750. The molecule has 0 saturated carbocycles. The van der Waals surface area contributed by atoms with Crippen molar-refractivity contribution in [2.75, 3.05) is 0 Å². The van der Waals surface area contributed by atoms with Gasteiger partial charge in [0.15, 0.2) is 5.69 Å². The summed E-state index contributed by atoms with van der Waals surface area (Å²) < 4.78 is 76.0. The Morgan fingerprint density at radius 1 is 1.19 bits per heavy atom. The number of fused-ring (bicyclic) bond motifs is 1. The molecule has 0 amide bonds. The Balaban J connectivity index is 2.26. The van der Waals surface area contributed by atoms with Crippen LogP contribution in [0.25, 0.3) is 0 Å². The average Bonchev–Trinajstić information content (AvgIpc) is 2.68. The Kier molecular flexibility index (Phi) is 4.23. The van der Waals surface area contributed by atoms with Gasteiger partial charge >= 0.3 is 12.4 Å². The zero-order valence-electron chi connectivity index (χ0n) is 10.9. The molecular weight excluding hydrogens is 302 g/mol. The van der Waals surface area contributed by atoms with Crippen molar-refractivity contribution in [1.82, 2.24) is 9.78 Å². The molecule has 0 radical (unpaired) electrons. The standard InChI is InChI=1S/C12H14F6N2O/c13-11(14,15)5-2-6-20-7-3-1-4-8(21)9(7)10(19-20)12(16,17)18/h8,21H,1-6H2. The summed E-state index contributed by atoms with van der Waals surface area (Å²) in [5, 5.41) is 13.1. The molecule has 0 aromatic carbocycles. The summed E-state index contributed by atoms with van der Waals surface area (Å²) in [4.78, 5) is 0. The van der Waals surface area contributed by atoms with Crippen LogP contribution in [0.15, 0.2) is 0 Å². The molecule has 0 bridgehead atoms. The molecule has 9 heteroatoms. The summed E-state index contributed by atoms with van der Waals surface area (Å²) in [7, 11) is 0. The van der Waals surface area contributed by atoms with Crippen molar-refractivity contribution in [3.8, 4) is 0 Å². The Hall–Kier alpha value is -1.25. The molecule has 0 aliphatic heterocycles. The van der Waals surface area contributed by atoms with Crippen LogP contribution in [0.2, 0.25) is 0 Å². The molecule has 1 aromatic heterocycles. The summed E-state index contributed by atoms with van der Waals surface area (Å²) in [6.45, 7) is -0.245. The Labute approximate surface area is 116 Å². The van der Waals surface area contributed by atoms with Crippen LogP contribution < -0.4 is 0 Å². The van der Waals surface area contributed by atoms with E-state index in [0.29, 0.717) is 6.42 Å². The Morgan fingerprint density at radius 3 is 2.43 bits per heavy atom. The zero-order chi connectivity index (χ0) is 15.8. The fourth-order valence-electron chi connectivity index (χ4n) is 2.56. The summed E-state index contributed by atoms with van der Waals surface area (Å²) in [5.41, 5.74) is -1.26. The van der Waals surface area contributed by atoms with Crippen molar-refractivity contribution < 1.29 is 31.4 Å². The van der Waals surface area contributed by atoms with E-state index in [1.165, 1.54) is 0 Å². The largest absolute Gasteiger partial charge is 0.435 e. The minimum atomic E-state index is -4.72. The van der Waals surface area contributed by atoms with Crippen LogP contribution in [-0.4, -0.2) is 21.1 Å². The quantitative estimate of drug-likeness (QED) is 0.865. The molecule has 1 heterocycles. The van der Waals surface area contributed by atoms with Gasteiger partial charge in [-0.1, -0.05) is 0 Å². The average molecular weight is 316 g/mol. The second-order valence-corrected chi connectivity index (χ2v) is 5.06. The number of nitrogens with zero attached hydrogens (tertiary/aromatic N) is 2. The molecule has 120 valence electrons. The third-order valence-electron chi connectivity index (χ3n) is 3.42. The zero-order valence-corrected chi connectivity index (χ0v) is 10.9. The molecule has 21 heavy (non-hydrogen) atoms. The summed E-state index contributed by atoms with van der Waals surface area (Å²) in [6.07, 6.45) is -10.8. The van der Waals surface area contributed by atoms with E-state index in [0.717, 1.165) is 4.68 Å². The van der Waals surface area contributed by atoms with Crippen LogP contribution in [0.4, 0.5) is 26.3 Å². The lowest BCUT2D eigenvalue weighted by atomic mass is 9.93. The Bertz CT molecular complexity index is 505. The van der Waals surface area contributed by atoms with E-state index < -0.39 is 30.6 Å². The van der Waals surface area contributed by atoms with Crippen LogP contribution in [0.1, 0.15) is 48.7 Å². The molecule has 1 aliphatic rings. The van der Waals surface area contributed by atoms with Gasteiger partial charge in [-0.3, -0.25) is 4.68 Å². The monoisotopic (exact) mass is 316 g/mol. The molecule has 1 aliphatic carbocycles. The second kappa shape index (κ2) is 5.51. The van der Waals surface area contributed by atoms with Gasteiger partial charge in [0.05, 0.1) is 6.10 Å². The minimum Gasteiger partial charge on any atom is -0.388 e. The lowest BCUT2D eigenvalue weighted by Crippen LogP contribution is -2.15. The van der Waals surface area contributed by atoms with E-state index in [4.69, 9.17) is 0 Å². The van der Waals surface area contributed by atoms with Gasteiger partial charge in [-0.15, -0.1) is 0 Å². The molecule has 1 atom stereocenters. The van der Waals surface area contributed by atoms with Crippen LogP contribution in [-0.2, 0) is 19.1 Å². The number of aryl methyl sites for hydroxylation is 1. The Morgan fingerprint density at radius 2 is 1.86 bits per heavy atom. The minimum absolute atomic E-state index is 0.197.